The lowest BCUT2D eigenvalue weighted by Crippen LogP contribution is -2.43. The van der Waals surface area contributed by atoms with Crippen LogP contribution in [0.5, 0.6) is 0 Å². The van der Waals surface area contributed by atoms with Crippen LogP contribution in [0.4, 0.5) is 0 Å². The Balaban J connectivity index is 2.21. The molecule has 0 aromatic heterocycles. The predicted octanol–water partition coefficient (Wildman–Crippen LogP) is 2.10. The first-order valence-electron chi connectivity index (χ1n) is 5.27. The van der Waals surface area contributed by atoms with E-state index in [2.05, 4.69) is 21.2 Å². The van der Waals surface area contributed by atoms with E-state index >= 15 is 0 Å². The van der Waals surface area contributed by atoms with Crippen molar-refractivity contribution in [1.82, 2.24) is 5.32 Å². The molecule has 5 heteroatoms. The van der Waals surface area contributed by atoms with Crippen molar-refractivity contribution < 1.29 is 14.7 Å². The highest BCUT2D eigenvalue weighted by Gasteiger charge is 2.51. The normalized spacial score (nSPS) is 16.4. The van der Waals surface area contributed by atoms with E-state index in [9.17, 15) is 9.59 Å². The highest BCUT2D eigenvalue weighted by Crippen LogP contribution is 2.36. The van der Waals surface area contributed by atoms with Crippen LogP contribution >= 0.6 is 15.9 Å². The zero-order valence-corrected chi connectivity index (χ0v) is 10.9. The first kappa shape index (κ1) is 12.1. The van der Waals surface area contributed by atoms with Gasteiger partial charge in [-0.1, -0.05) is 22.0 Å². The molecule has 0 saturated heterocycles. The van der Waals surface area contributed by atoms with Crippen molar-refractivity contribution in [2.75, 3.05) is 0 Å². The van der Waals surface area contributed by atoms with Gasteiger partial charge in [-0.05, 0) is 37.5 Å². The molecule has 1 aromatic carbocycles. The molecular formula is C12H12BrNO3. The van der Waals surface area contributed by atoms with Gasteiger partial charge in [0.25, 0.3) is 5.91 Å². The van der Waals surface area contributed by atoms with Crippen molar-refractivity contribution in [3.8, 4) is 0 Å². The summed E-state index contributed by atoms with van der Waals surface area (Å²) in [5, 5.41) is 11.6. The van der Waals surface area contributed by atoms with Gasteiger partial charge in [-0.15, -0.1) is 0 Å². The minimum Gasteiger partial charge on any atom is -0.480 e. The van der Waals surface area contributed by atoms with Crippen LogP contribution in [0.2, 0.25) is 0 Å². The fraction of sp³-hybridized carbons (Fsp3) is 0.333. The number of carbonyl (C=O) groups excluding carboxylic acids is 1. The molecule has 1 aliphatic carbocycles. The zero-order chi connectivity index (χ0) is 12.6. The predicted molar refractivity (Wildman–Crippen MR) is 65.9 cm³/mol. The van der Waals surface area contributed by atoms with Crippen LogP contribution in [0.15, 0.2) is 22.7 Å². The van der Waals surface area contributed by atoms with Crippen LogP contribution in [-0.4, -0.2) is 22.5 Å². The Morgan fingerprint density at radius 3 is 2.59 bits per heavy atom. The smallest absolute Gasteiger partial charge is 0.329 e. The molecule has 2 rings (SSSR count). The molecule has 0 bridgehead atoms. The molecule has 2 N–H and O–H groups in total. The summed E-state index contributed by atoms with van der Waals surface area (Å²) in [7, 11) is 0. The summed E-state index contributed by atoms with van der Waals surface area (Å²) in [6, 6.07) is 5.29. The second-order valence-electron chi connectivity index (χ2n) is 4.25. The van der Waals surface area contributed by atoms with Crippen molar-refractivity contribution in [3.05, 3.63) is 33.8 Å². The Kier molecular flexibility index (Phi) is 2.95. The third kappa shape index (κ3) is 2.20. The SMILES string of the molecule is Cc1c(Br)cccc1C(=O)NC1(C(=O)O)CC1. The maximum absolute atomic E-state index is 12.0. The standard InChI is InChI=1S/C12H12BrNO3/c1-7-8(3-2-4-9(7)13)10(15)14-12(5-6-12)11(16)17/h2-4H,5-6H2,1H3,(H,14,15)(H,16,17). The first-order valence-corrected chi connectivity index (χ1v) is 6.06. The zero-order valence-electron chi connectivity index (χ0n) is 9.29. The average Bonchev–Trinajstić information content (AvgIpc) is 3.03. The fourth-order valence-electron chi connectivity index (χ4n) is 1.66. The Hall–Kier alpha value is -1.36. The molecule has 0 aliphatic heterocycles. The van der Waals surface area contributed by atoms with Crippen molar-refractivity contribution in [3.63, 3.8) is 0 Å². The molecular weight excluding hydrogens is 286 g/mol. The fourth-order valence-corrected chi connectivity index (χ4v) is 2.02. The molecule has 0 unspecified atom stereocenters. The minimum atomic E-state index is -1.04. The van der Waals surface area contributed by atoms with Crippen molar-refractivity contribution in [2.45, 2.75) is 25.3 Å². The minimum absolute atomic E-state index is 0.330. The highest BCUT2D eigenvalue weighted by atomic mass is 79.9. The summed E-state index contributed by atoms with van der Waals surface area (Å²) >= 11 is 3.34. The second-order valence-corrected chi connectivity index (χ2v) is 5.11. The lowest BCUT2D eigenvalue weighted by Gasteiger charge is -2.14. The number of halogens is 1. The van der Waals surface area contributed by atoms with Crippen LogP contribution in [0.3, 0.4) is 0 Å². The molecule has 1 fully saturated rings. The number of hydrogen-bond acceptors (Lipinski definition) is 2. The summed E-state index contributed by atoms with van der Waals surface area (Å²) in [5.74, 6) is -1.29. The van der Waals surface area contributed by atoms with Crippen molar-refractivity contribution >= 4 is 27.8 Å². The van der Waals surface area contributed by atoms with Gasteiger partial charge in [0.15, 0.2) is 0 Å². The van der Waals surface area contributed by atoms with Crippen LogP contribution < -0.4 is 5.32 Å². The molecule has 0 radical (unpaired) electrons. The average molecular weight is 298 g/mol. The molecule has 1 aliphatic rings. The number of rotatable bonds is 3. The Morgan fingerprint density at radius 1 is 1.41 bits per heavy atom. The van der Waals surface area contributed by atoms with Gasteiger partial charge >= 0.3 is 5.97 Å². The second kappa shape index (κ2) is 4.14. The van der Waals surface area contributed by atoms with Crippen LogP contribution in [-0.2, 0) is 4.79 Å². The molecule has 90 valence electrons. The Bertz CT molecular complexity index is 495. The quantitative estimate of drug-likeness (QED) is 0.898. The lowest BCUT2D eigenvalue weighted by molar-refractivity contribution is -0.140. The Morgan fingerprint density at radius 2 is 2.06 bits per heavy atom. The molecule has 1 saturated carbocycles. The van der Waals surface area contributed by atoms with E-state index in [0.29, 0.717) is 18.4 Å². The Labute approximate surface area is 107 Å². The molecule has 0 heterocycles. The van der Waals surface area contributed by atoms with Gasteiger partial charge in [0.1, 0.15) is 5.54 Å². The molecule has 1 aromatic rings. The van der Waals surface area contributed by atoms with E-state index in [0.717, 1.165) is 10.0 Å². The number of amides is 1. The molecule has 4 nitrogen and oxygen atoms in total. The molecule has 17 heavy (non-hydrogen) atoms. The van der Waals surface area contributed by atoms with Crippen molar-refractivity contribution in [1.29, 1.82) is 0 Å². The largest absolute Gasteiger partial charge is 0.480 e. The van der Waals surface area contributed by atoms with Gasteiger partial charge in [-0.3, -0.25) is 4.79 Å². The van der Waals surface area contributed by atoms with Crippen LogP contribution in [0.25, 0.3) is 0 Å². The van der Waals surface area contributed by atoms with E-state index in [4.69, 9.17) is 5.11 Å². The van der Waals surface area contributed by atoms with E-state index in [-0.39, 0.29) is 5.91 Å². The number of hydrogen-bond donors (Lipinski definition) is 2. The van der Waals surface area contributed by atoms with Crippen LogP contribution in [0.1, 0.15) is 28.8 Å². The van der Waals surface area contributed by atoms with Gasteiger partial charge in [-0.2, -0.15) is 0 Å². The van der Waals surface area contributed by atoms with E-state index in [1.807, 2.05) is 13.0 Å². The van der Waals surface area contributed by atoms with Crippen LogP contribution in [0, 0.1) is 6.92 Å². The maximum atomic E-state index is 12.0. The summed E-state index contributed by atoms with van der Waals surface area (Å²) in [6.45, 7) is 1.82. The summed E-state index contributed by atoms with van der Waals surface area (Å²) in [4.78, 5) is 23.0. The number of carboxylic acid groups (broad SMARTS) is 1. The topological polar surface area (TPSA) is 66.4 Å². The summed E-state index contributed by atoms with van der Waals surface area (Å²) < 4.78 is 0.838. The van der Waals surface area contributed by atoms with Gasteiger partial charge < -0.3 is 10.4 Å². The third-order valence-electron chi connectivity index (χ3n) is 3.02. The van der Waals surface area contributed by atoms with E-state index < -0.39 is 11.5 Å². The molecule has 0 spiro atoms. The lowest BCUT2D eigenvalue weighted by atomic mass is 10.1. The highest BCUT2D eigenvalue weighted by molar-refractivity contribution is 9.10. The number of aliphatic carboxylic acids is 1. The summed E-state index contributed by atoms with van der Waals surface area (Å²) in [5.41, 5.74) is 0.282. The number of nitrogens with one attached hydrogen (secondary N) is 1. The van der Waals surface area contributed by atoms with Gasteiger partial charge in [0.2, 0.25) is 0 Å². The number of carbonyl (C=O) groups is 2. The van der Waals surface area contributed by atoms with Gasteiger partial charge in [-0.25, -0.2) is 4.79 Å². The van der Waals surface area contributed by atoms with Crippen molar-refractivity contribution in [2.24, 2.45) is 0 Å². The maximum Gasteiger partial charge on any atom is 0.329 e. The van der Waals surface area contributed by atoms with Gasteiger partial charge in [0, 0.05) is 10.0 Å². The van der Waals surface area contributed by atoms with E-state index in [1.54, 1.807) is 12.1 Å². The first-order chi connectivity index (χ1) is 7.96. The third-order valence-corrected chi connectivity index (χ3v) is 3.88. The van der Waals surface area contributed by atoms with E-state index in [1.165, 1.54) is 0 Å². The monoisotopic (exact) mass is 297 g/mol. The molecule has 0 atom stereocenters. The number of carboxylic acids is 1. The summed E-state index contributed by atoms with van der Waals surface area (Å²) in [6.07, 6.45) is 1.00. The number of benzene rings is 1. The molecule has 1 amide bonds. The van der Waals surface area contributed by atoms with Gasteiger partial charge in [0.05, 0.1) is 0 Å².